The Morgan fingerprint density at radius 1 is 1.41 bits per heavy atom. The van der Waals surface area contributed by atoms with Crippen LogP contribution in [0.3, 0.4) is 0 Å². The zero-order valence-corrected chi connectivity index (χ0v) is 15.3. The van der Waals surface area contributed by atoms with Crippen molar-refractivity contribution in [2.45, 2.75) is 32.2 Å². The van der Waals surface area contributed by atoms with Crippen LogP contribution in [0.1, 0.15) is 40.9 Å². The molecule has 1 aromatic heterocycles. The van der Waals surface area contributed by atoms with Crippen molar-refractivity contribution < 1.29 is 18.4 Å². The molecule has 0 saturated heterocycles. The number of aromatic nitrogens is 1. The Bertz CT molecular complexity index is 1010. The molecule has 27 heavy (non-hydrogen) atoms. The molecule has 1 heterocycles. The molecule has 3 rings (SSSR count). The lowest BCUT2D eigenvalue weighted by Gasteiger charge is -2.24. The summed E-state index contributed by atoms with van der Waals surface area (Å²) in [6.45, 7) is 5.04. The van der Waals surface area contributed by atoms with Crippen LogP contribution in [-0.2, 0) is 4.79 Å². The van der Waals surface area contributed by atoms with E-state index in [2.05, 4.69) is 16.9 Å². The summed E-state index contributed by atoms with van der Waals surface area (Å²) in [6.07, 6.45) is 4.47. The summed E-state index contributed by atoms with van der Waals surface area (Å²) in [7, 11) is 0. The Balaban J connectivity index is 2.20. The second kappa shape index (κ2) is 7.15. The number of H-pyrrole nitrogens is 1. The zero-order chi connectivity index (χ0) is 19.9. The highest BCUT2D eigenvalue weighted by atomic mass is 35.5. The molecule has 0 fully saturated rings. The van der Waals surface area contributed by atoms with Gasteiger partial charge in [0.1, 0.15) is 5.56 Å². The predicted molar refractivity (Wildman–Crippen MR) is 100 cm³/mol. The summed E-state index contributed by atoms with van der Waals surface area (Å²) < 4.78 is 29.6. The average Bonchev–Trinajstić information content (AvgIpc) is 2.90. The number of aromatic amines is 1. The molecule has 142 valence electrons. The van der Waals surface area contributed by atoms with Crippen molar-refractivity contribution >= 4 is 39.9 Å². The van der Waals surface area contributed by atoms with Crippen LogP contribution in [-0.4, -0.2) is 22.8 Å². The highest BCUT2D eigenvalue weighted by molar-refractivity contribution is 6.37. The minimum atomic E-state index is -1.32. The number of hydrogen-bond acceptors (Lipinski definition) is 2. The summed E-state index contributed by atoms with van der Waals surface area (Å²) in [4.78, 5) is 26.1. The van der Waals surface area contributed by atoms with Gasteiger partial charge in [-0.05, 0) is 37.8 Å². The van der Waals surface area contributed by atoms with Crippen molar-refractivity contribution in [2.75, 3.05) is 0 Å². The van der Waals surface area contributed by atoms with Gasteiger partial charge in [-0.3, -0.25) is 9.59 Å². The maximum Gasteiger partial charge on any atom is 0.253 e. The van der Waals surface area contributed by atoms with Crippen LogP contribution in [0.5, 0.6) is 0 Å². The average molecular weight is 394 g/mol. The van der Waals surface area contributed by atoms with Gasteiger partial charge >= 0.3 is 0 Å². The van der Waals surface area contributed by atoms with Crippen LogP contribution >= 0.6 is 11.6 Å². The summed E-state index contributed by atoms with van der Waals surface area (Å²) in [5, 5.41) is 3.18. The highest BCUT2D eigenvalue weighted by Gasteiger charge is 2.30. The molecule has 1 aliphatic rings. The fourth-order valence-corrected chi connectivity index (χ4v) is 3.73. The Morgan fingerprint density at radius 2 is 2.11 bits per heavy atom. The monoisotopic (exact) mass is 393 g/mol. The Hall–Kier alpha value is -2.67. The molecule has 5 nitrogen and oxygen atoms in total. The number of fused-ring (bicyclic) bond motifs is 1. The first-order chi connectivity index (χ1) is 12.8. The molecule has 0 bridgehead atoms. The number of benzene rings is 1. The molecule has 2 amide bonds. The van der Waals surface area contributed by atoms with E-state index >= 15 is 0 Å². The molecule has 0 aliphatic heterocycles. The van der Waals surface area contributed by atoms with Crippen molar-refractivity contribution in [1.29, 1.82) is 0 Å². The Labute approximate surface area is 159 Å². The fourth-order valence-electron chi connectivity index (χ4n) is 3.49. The number of carbonyl (C=O) groups excluding carboxylic acids is 2. The first-order valence-corrected chi connectivity index (χ1v) is 8.74. The van der Waals surface area contributed by atoms with E-state index in [4.69, 9.17) is 17.3 Å². The van der Waals surface area contributed by atoms with Crippen LogP contribution in [0, 0.1) is 18.6 Å². The van der Waals surface area contributed by atoms with Crippen LogP contribution in [0.4, 0.5) is 8.78 Å². The topological polar surface area (TPSA) is 88.0 Å². The highest BCUT2D eigenvalue weighted by Crippen LogP contribution is 2.41. The van der Waals surface area contributed by atoms with Gasteiger partial charge in [-0.1, -0.05) is 24.3 Å². The number of rotatable bonds is 4. The summed E-state index contributed by atoms with van der Waals surface area (Å²) in [5.41, 5.74) is 5.72. The minimum Gasteiger partial charge on any atom is -0.365 e. The molecular formula is C19H18ClF2N3O2. The van der Waals surface area contributed by atoms with Crippen LogP contribution in [0.2, 0.25) is 5.02 Å². The van der Waals surface area contributed by atoms with Gasteiger partial charge in [0.25, 0.3) is 5.91 Å². The summed E-state index contributed by atoms with van der Waals surface area (Å²) in [6, 6.07) is -0.248. The molecule has 0 radical (unpaired) electrons. The molecule has 1 atom stereocenters. The third-order valence-electron chi connectivity index (χ3n) is 4.71. The smallest absolute Gasteiger partial charge is 0.253 e. The molecule has 4 N–H and O–H groups in total. The molecular weight excluding hydrogens is 376 g/mol. The van der Waals surface area contributed by atoms with Gasteiger partial charge in [-0.15, -0.1) is 0 Å². The molecule has 0 spiro atoms. The lowest BCUT2D eigenvalue weighted by atomic mass is 9.87. The number of allylic oxidation sites excluding steroid dienone is 1. The largest absolute Gasteiger partial charge is 0.365 e. The van der Waals surface area contributed by atoms with Gasteiger partial charge in [-0.2, -0.15) is 0 Å². The number of nitrogens with two attached hydrogens (primary N) is 1. The van der Waals surface area contributed by atoms with E-state index in [1.54, 1.807) is 13.0 Å². The van der Waals surface area contributed by atoms with E-state index in [0.29, 0.717) is 30.5 Å². The first kappa shape index (κ1) is 19.1. The SMILES string of the molecule is C=CC(=O)N[C@@H]1CCC=C(c2c(F)c(F)c(C(N)=O)c3[nH]c(C)c(Cl)c23)C1. The minimum absolute atomic E-state index is 0.0144. The number of hydrogen-bond donors (Lipinski definition) is 3. The van der Waals surface area contributed by atoms with Crippen LogP contribution in [0.25, 0.3) is 16.5 Å². The van der Waals surface area contributed by atoms with E-state index in [0.717, 1.165) is 6.08 Å². The van der Waals surface area contributed by atoms with E-state index in [1.165, 1.54) is 0 Å². The third-order valence-corrected chi connectivity index (χ3v) is 5.19. The van der Waals surface area contributed by atoms with Crippen LogP contribution in [0.15, 0.2) is 18.7 Å². The second-order valence-electron chi connectivity index (χ2n) is 6.48. The molecule has 8 heteroatoms. The summed E-state index contributed by atoms with van der Waals surface area (Å²) >= 11 is 6.33. The first-order valence-electron chi connectivity index (χ1n) is 8.37. The van der Waals surface area contributed by atoms with Gasteiger partial charge in [-0.25, -0.2) is 8.78 Å². The Kier molecular flexibility index (Phi) is 5.06. The normalized spacial score (nSPS) is 16.9. The number of primary amides is 1. The maximum atomic E-state index is 15.0. The lowest BCUT2D eigenvalue weighted by molar-refractivity contribution is -0.117. The molecule has 2 aromatic rings. The third kappa shape index (κ3) is 3.23. The van der Waals surface area contributed by atoms with E-state index < -0.39 is 23.1 Å². The number of amides is 2. The summed E-state index contributed by atoms with van der Waals surface area (Å²) in [5.74, 6) is -3.92. The van der Waals surface area contributed by atoms with Gasteiger partial charge in [0.15, 0.2) is 11.6 Å². The number of halogens is 3. The van der Waals surface area contributed by atoms with Crippen molar-refractivity contribution in [3.05, 3.63) is 52.2 Å². The standard InChI is InChI=1S/C19H18ClF2N3O2/c1-3-11(26)25-10-6-4-5-9(7-10)12-13-15(20)8(2)24-18(13)14(19(23)27)17(22)16(12)21/h3,5,10,24H,1,4,6-7H2,2H3,(H2,23,27)(H,25,26)/t10-/m1/s1. The molecule has 0 unspecified atom stereocenters. The molecule has 1 aromatic carbocycles. The van der Waals surface area contributed by atoms with Crippen molar-refractivity contribution in [2.24, 2.45) is 5.73 Å². The second-order valence-corrected chi connectivity index (χ2v) is 6.85. The van der Waals surface area contributed by atoms with E-state index in [-0.39, 0.29) is 33.4 Å². The maximum absolute atomic E-state index is 15.0. The van der Waals surface area contributed by atoms with Crippen molar-refractivity contribution in [1.82, 2.24) is 10.3 Å². The van der Waals surface area contributed by atoms with Gasteiger partial charge in [0.05, 0.1) is 10.5 Å². The quantitative estimate of drug-likeness (QED) is 0.691. The Morgan fingerprint density at radius 3 is 2.74 bits per heavy atom. The predicted octanol–water partition coefficient (Wildman–Crippen LogP) is 3.74. The number of carbonyl (C=O) groups is 2. The van der Waals surface area contributed by atoms with E-state index in [9.17, 15) is 18.4 Å². The van der Waals surface area contributed by atoms with Crippen LogP contribution < -0.4 is 11.1 Å². The van der Waals surface area contributed by atoms with Gasteiger partial charge in [0, 0.05) is 22.7 Å². The van der Waals surface area contributed by atoms with Crippen molar-refractivity contribution in [3.63, 3.8) is 0 Å². The zero-order valence-electron chi connectivity index (χ0n) is 14.6. The molecule has 0 saturated carbocycles. The number of aryl methyl sites for hydroxylation is 1. The van der Waals surface area contributed by atoms with Crippen molar-refractivity contribution in [3.8, 4) is 0 Å². The lowest BCUT2D eigenvalue weighted by Crippen LogP contribution is -2.35. The number of nitrogens with one attached hydrogen (secondary N) is 2. The fraction of sp³-hybridized carbons (Fsp3) is 0.263. The van der Waals surface area contributed by atoms with Gasteiger partial charge in [0.2, 0.25) is 5.91 Å². The van der Waals surface area contributed by atoms with Gasteiger partial charge < -0.3 is 16.0 Å². The molecule has 1 aliphatic carbocycles. The van der Waals surface area contributed by atoms with E-state index in [1.807, 2.05) is 0 Å².